The molecule has 0 amide bonds. The van der Waals surface area contributed by atoms with Crippen molar-refractivity contribution in [2.75, 3.05) is 0 Å². The maximum atomic E-state index is 10.1. The van der Waals surface area contributed by atoms with Gasteiger partial charge < -0.3 is 5.21 Å². The Morgan fingerprint density at radius 2 is 1.28 bits per heavy atom. The van der Waals surface area contributed by atoms with Gasteiger partial charge in [0.2, 0.25) is 0 Å². The maximum Gasteiger partial charge on any atom is 0.0413 e. The van der Waals surface area contributed by atoms with Gasteiger partial charge in [-0.25, -0.2) is 0 Å². The van der Waals surface area contributed by atoms with Crippen LogP contribution in [0.1, 0.15) is 90.0 Å². The van der Waals surface area contributed by atoms with Crippen molar-refractivity contribution in [2.24, 2.45) is 5.92 Å². The second kappa shape index (κ2) is 8.92. The molecule has 1 rings (SSSR count). The van der Waals surface area contributed by atoms with Gasteiger partial charge in [-0.3, -0.25) is 0 Å². The van der Waals surface area contributed by atoms with Gasteiger partial charge in [-0.1, -0.05) is 49.5 Å². The fourth-order valence-corrected chi connectivity index (χ4v) is 3.09. The minimum atomic E-state index is -0.0679. The van der Waals surface area contributed by atoms with Crippen LogP contribution in [-0.4, -0.2) is 21.3 Å². The number of nitrogens with zero attached hydrogens (tertiary/aromatic N) is 1. The summed E-state index contributed by atoms with van der Waals surface area (Å²) in [5, 5.41) is 11.6. The summed E-state index contributed by atoms with van der Waals surface area (Å²) in [6, 6.07) is 0. The lowest BCUT2D eigenvalue weighted by Crippen LogP contribution is -2.58. The van der Waals surface area contributed by atoms with Crippen LogP contribution in [0.3, 0.4) is 0 Å². The van der Waals surface area contributed by atoms with E-state index in [1.54, 1.807) is 5.06 Å². The van der Waals surface area contributed by atoms with Crippen LogP contribution in [0.4, 0.5) is 0 Å². The SMILES string of the molecule is C.C.C.C.CCCC1CC(C)(C)N(O)C(C)(C)C1. The molecule has 116 valence electrons. The van der Waals surface area contributed by atoms with E-state index >= 15 is 0 Å². The summed E-state index contributed by atoms with van der Waals surface area (Å²) in [6.45, 7) is 10.8. The van der Waals surface area contributed by atoms with Crippen molar-refractivity contribution in [1.29, 1.82) is 0 Å². The van der Waals surface area contributed by atoms with Crippen LogP contribution in [0.5, 0.6) is 0 Å². The standard InChI is InChI=1S/C12H25NO.4CH4/c1-6-7-10-8-11(2,3)13(14)12(4,5)9-10;;;;/h10,14H,6-9H2,1-5H3;4*1H4. The van der Waals surface area contributed by atoms with Crippen LogP contribution in [-0.2, 0) is 0 Å². The van der Waals surface area contributed by atoms with Crippen molar-refractivity contribution in [3.8, 4) is 0 Å². The molecule has 0 unspecified atom stereocenters. The summed E-state index contributed by atoms with van der Waals surface area (Å²) in [4.78, 5) is 0. The Morgan fingerprint density at radius 1 is 0.944 bits per heavy atom. The predicted molar refractivity (Wildman–Crippen MR) is 86.3 cm³/mol. The van der Waals surface area contributed by atoms with Crippen molar-refractivity contribution >= 4 is 0 Å². The molecule has 0 aromatic carbocycles. The van der Waals surface area contributed by atoms with Gasteiger partial charge in [0.25, 0.3) is 0 Å². The third kappa shape index (κ3) is 5.71. The zero-order chi connectivity index (χ0) is 11.0. The Hall–Kier alpha value is -0.0800. The predicted octanol–water partition coefficient (Wildman–Crippen LogP) is 5.99. The molecule has 18 heavy (non-hydrogen) atoms. The van der Waals surface area contributed by atoms with Gasteiger partial charge in [-0.2, -0.15) is 5.06 Å². The number of hydrogen-bond acceptors (Lipinski definition) is 2. The molecule has 1 saturated heterocycles. The van der Waals surface area contributed by atoms with Gasteiger partial charge in [0.1, 0.15) is 0 Å². The van der Waals surface area contributed by atoms with E-state index in [9.17, 15) is 5.21 Å². The van der Waals surface area contributed by atoms with E-state index in [1.807, 2.05) is 0 Å². The minimum absolute atomic E-state index is 0. The molecule has 1 fully saturated rings. The van der Waals surface area contributed by atoms with Crippen LogP contribution >= 0.6 is 0 Å². The molecule has 0 bridgehead atoms. The van der Waals surface area contributed by atoms with E-state index in [4.69, 9.17) is 0 Å². The Morgan fingerprint density at radius 3 is 1.56 bits per heavy atom. The highest BCUT2D eigenvalue weighted by Crippen LogP contribution is 2.41. The van der Waals surface area contributed by atoms with Crippen LogP contribution in [0.15, 0.2) is 0 Å². The average Bonchev–Trinajstić information content (AvgIpc) is 1.99. The largest absolute Gasteiger partial charge is 0.313 e. The van der Waals surface area contributed by atoms with E-state index in [2.05, 4.69) is 34.6 Å². The highest BCUT2D eigenvalue weighted by atomic mass is 16.5. The lowest BCUT2D eigenvalue weighted by Gasteiger charge is -2.51. The summed E-state index contributed by atoms with van der Waals surface area (Å²) in [5.74, 6) is 0.772. The van der Waals surface area contributed by atoms with E-state index in [0.717, 1.165) is 18.8 Å². The molecule has 1 heterocycles. The lowest BCUT2D eigenvalue weighted by molar-refractivity contribution is -0.251. The first kappa shape index (κ1) is 26.5. The molecule has 0 aromatic heterocycles. The molecule has 0 aromatic rings. The molecular weight excluding hydrogens is 222 g/mol. The van der Waals surface area contributed by atoms with Gasteiger partial charge in [-0.15, -0.1) is 0 Å². The van der Waals surface area contributed by atoms with Crippen molar-refractivity contribution in [3.05, 3.63) is 0 Å². The molecule has 1 aliphatic rings. The highest BCUT2D eigenvalue weighted by molar-refractivity contribution is 4.95. The summed E-state index contributed by atoms with van der Waals surface area (Å²) in [5.41, 5.74) is -0.136. The summed E-state index contributed by atoms with van der Waals surface area (Å²) < 4.78 is 0. The third-order valence-electron chi connectivity index (χ3n) is 3.42. The molecular formula is C16H41NO. The monoisotopic (exact) mass is 263 g/mol. The molecule has 0 aliphatic carbocycles. The smallest absolute Gasteiger partial charge is 0.0413 e. The lowest BCUT2D eigenvalue weighted by atomic mass is 9.74. The normalized spacial score (nSPS) is 21.7. The van der Waals surface area contributed by atoms with Gasteiger partial charge in [0.15, 0.2) is 0 Å². The van der Waals surface area contributed by atoms with Gasteiger partial charge in [-0.05, 0) is 46.5 Å². The van der Waals surface area contributed by atoms with Crippen molar-refractivity contribution in [2.45, 2.75) is 101 Å². The van der Waals surface area contributed by atoms with Crippen molar-refractivity contribution in [1.82, 2.24) is 5.06 Å². The zero-order valence-electron chi connectivity index (χ0n) is 10.3. The molecule has 0 atom stereocenters. The van der Waals surface area contributed by atoms with E-state index in [1.165, 1.54) is 12.8 Å². The van der Waals surface area contributed by atoms with Crippen LogP contribution < -0.4 is 0 Å². The van der Waals surface area contributed by atoms with Crippen LogP contribution in [0, 0.1) is 5.92 Å². The highest BCUT2D eigenvalue weighted by Gasteiger charge is 2.44. The Bertz CT molecular complexity index is 181. The summed E-state index contributed by atoms with van der Waals surface area (Å²) >= 11 is 0. The van der Waals surface area contributed by atoms with Gasteiger partial charge in [0, 0.05) is 11.1 Å². The number of hydroxylamine groups is 2. The van der Waals surface area contributed by atoms with Crippen molar-refractivity contribution in [3.63, 3.8) is 0 Å². The second-order valence-electron chi connectivity index (χ2n) is 6.00. The average molecular weight is 264 g/mol. The quantitative estimate of drug-likeness (QED) is 0.661. The van der Waals surface area contributed by atoms with Crippen molar-refractivity contribution < 1.29 is 5.21 Å². The number of rotatable bonds is 2. The minimum Gasteiger partial charge on any atom is -0.313 e. The molecule has 0 spiro atoms. The van der Waals surface area contributed by atoms with E-state index < -0.39 is 0 Å². The van der Waals surface area contributed by atoms with Gasteiger partial charge in [0.05, 0.1) is 0 Å². The van der Waals surface area contributed by atoms with Crippen LogP contribution in [0.25, 0.3) is 0 Å². The Balaban J connectivity index is -0.000000245. The maximum absolute atomic E-state index is 10.1. The fraction of sp³-hybridized carbons (Fsp3) is 1.00. The molecule has 1 aliphatic heterocycles. The Kier molecular flexibility index (Phi) is 13.1. The molecule has 2 nitrogen and oxygen atoms in total. The molecule has 0 radical (unpaired) electrons. The summed E-state index contributed by atoms with van der Waals surface area (Å²) in [6.07, 6.45) is 4.77. The summed E-state index contributed by atoms with van der Waals surface area (Å²) in [7, 11) is 0. The first-order valence-corrected chi connectivity index (χ1v) is 5.79. The topological polar surface area (TPSA) is 23.5 Å². The molecule has 1 N–H and O–H groups in total. The first-order valence-electron chi connectivity index (χ1n) is 5.79. The third-order valence-corrected chi connectivity index (χ3v) is 3.42. The van der Waals surface area contributed by atoms with Crippen LogP contribution in [0.2, 0.25) is 0 Å². The Labute approximate surface area is 118 Å². The number of piperidine rings is 1. The first-order chi connectivity index (χ1) is 6.29. The van der Waals surface area contributed by atoms with E-state index in [-0.39, 0.29) is 40.8 Å². The van der Waals surface area contributed by atoms with E-state index in [0.29, 0.717) is 0 Å². The van der Waals surface area contributed by atoms with Gasteiger partial charge >= 0.3 is 0 Å². The molecule has 2 heteroatoms. The molecule has 0 saturated carbocycles. The number of hydrogen-bond donors (Lipinski definition) is 1. The zero-order valence-corrected chi connectivity index (χ0v) is 10.3. The second-order valence-corrected chi connectivity index (χ2v) is 6.00. The fourth-order valence-electron chi connectivity index (χ4n) is 3.09.